The highest BCUT2D eigenvalue weighted by Crippen LogP contribution is 1.98. The summed E-state index contributed by atoms with van der Waals surface area (Å²) in [4.78, 5) is 25.7. The molecule has 0 aliphatic heterocycles. The summed E-state index contributed by atoms with van der Waals surface area (Å²) in [6.07, 6.45) is 3.72. The van der Waals surface area contributed by atoms with Crippen molar-refractivity contribution in [2.45, 2.75) is 25.8 Å². The standard InChI is InChI=1S/C11H13N3O2/c1-2-8(3-5-12)14-11(16)9-7-13-6-4-10(9)15/h4,6-8H,2-3H2,1H3,(H,13,15)(H,14,16). The van der Waals surface area contributed by atoms with Crippen LogP contribution in [0.4, 0.5) is 0 Å². The molecular weight excluding hydrogens is 206 g/mol. The van der Waals surface area contributed by atoms with E-state index in [1.54, 1.807) is 0 Å². The second-order valence-electron chi connectivity index (χ2n) is 3.36. The van der Waals surface area contributed by atoms with Crippen LogP contribution in [0.1, 0.15) is 30.1 Å². The van der Waals surface area contributed by atoms with E-state index in [1.165, 1.54) is 18.5 Å². The van der Waals surface area contributed by atoms with E-state index in [4.69, 9.17) is 5.26 Å². The van der Waals surface area contributed by atoms with Gasteiger partial charge in [0, 0.05) is 24.5 Å². The summed E-state index contributed by atoms with van der Waals surface area (Å²) in [5, 5.41) is 11.2. The molecule has 0 saturated heterocycles. The van der Waals surface area contributed by atoms with E-state index in [0.717, 1.165) is 0 Å². The monoisotopic (exact) mass is 219 g/mol. The maximum absolute atomic E-state index is 11.7. The van der Waals surface area contributed by atoms with Crippen LogP contribution in [0.3, 0.4) is 0 Å². The van der Waals surface area contributed by atoms with Crippen LogP contribution in [0.15, 0.2) is 23.3 Å². The molecule has 5 heteroatoms. The van der Waals surface area contributed by atoms with E-state index in [-0.39, 0.29) is 23.5 Å². The minimum atomic E-state index is -0.441. The van der Waals surface area contributed by atoms with Crippen molar-refractivity contribution in [2.24, 2.45) is 0 Å². The largest absolute Gasteiger partial charge is 0.367 e. The highest BCUT2D eigenvalue weighted by atomic mass is 16.2. The number of amides is 1. The highest BCUT2D eigenvalue weighted by molar-refractivity contribution is 5.93. The van der Waals surface area contributed by atoms with Crippen molar-refractivity contribution in [3.05, 3.63) is 34.2 Å². The summed E-state index contributed by atoms with van der Waals surface area (Å²) in [5.74, 6) is -0.441. The third-order valence-electron chi connectivity index (χ3n) is 2.23. The smallest absolute Gasteiger partial charge is 0.256 e. The Morgan fingerprint density at radius 3 is 3.00 bits per heavy atom. The number of pyridine rings is 1. The topological polar surface area (TPSA) is 85.8 Å². The highest BCUT2D eigenvalue weighted by Gasteiger charge is 2.13. The fraction of sp³-hybridized carbons (Fsp3) is 0.364. The SMILES string of the molecule is CCC(CC#N)NC(=O)c1c[nH]ccc1=O. The van der Waals surface area contributed by atoms with E-state index < -0.39 is 5.91 Å². The molecule has 5 nitrogen and oxygen atoms in total. The first-order valence-electron chi connectivity index (χ1n) is 5.04. The zero-order valence-corrected chi connectivity index (χ0v) is 8.99. The second kappa shape index (κ2) is 5.71. The van der Waals surface area contributed by atoms with Crippen LogP contribution >= 0.6 is 0 Å². The van der Waals surface area contributed by atoms with Crippen LogP contribution in [-0.2, 0) is 0 Å². The van der Waals surface area contributed by atoms with Gasteiger partial charge in [0.15, 0.2) is 5.43 Å². The third-order valence-corrected chi connectivity index (χ3v) is 2.23. The van der Waals surface area contributed by atoms with Crippen molar-refractivity contribution in [1.29, 1.82) is 5.26 Å². The van der Waals surface area contributed by atoms with Crippen LogP contribution in [0.5, 0.6) is 0 Å². The number of nitrogens with one attached hydrogen (secondary N) is 2. The number of hydrogen-bond donors (Lipinski definition) is 2. The van der Waals surface area contributed by atoms with Crippen LogP contribution in [0.2, 0.25) is 0 Å². The molecule has 0 aliphatic carbocycles. The van der Waals surface area contributed by atoms with Crippen molar-refractivity contribution < 1.29 is 4.79 Å². The van der Waals surface area contributed by atoms with Crippen LogP contribution < -0.4 is 10.7 Å². The molecule has 1 rings (SSSR count). The van der Waals surface area contributed by atoms with Gasteiger partial charge in [-0.25, -0.2) is 0 Å². The number of carbonyl (C=O) groups is 1. The summed E-state index contributed by atoms with van der Waals surface area (Å²) < 4.78 is 0. The fourth-order valence-electron chi connectivity index (χ4n) is 1.26. The van der Waals surface area contributed by atoms with Crippen molar-refractivity contribution in [2.75, 3.05) is 0 Å². The Hall–Kier alpha value is -2.09. The fourth-order valence-corrected chi connectivity index (χ4v) is 1.26. The molecule has 1 unspecified atom stereocenters. The van der Waals surface area contributed by atoms with Gasteiger partial charge < -0.3 is 10.3 Å². The molecule has 0 aromatic carbocycles. The molecule has 0 spiro atoms. The van der Waals surface area contributed by atoms with Gasteiger partial charge in [-0.1, -0.05) is 6.92 Å². The molecule has 0 fully saturated rings. The molecule has 0 aliphatic rings. The van der Waals surface area contributed by atoms with E-state index in [9.17, 15) is 9.59 Å². The Balaban J connectivity index is 2.77. The van der Waals surface area contributed by atoms with E-state index in [0.29, 0.717) is 6.42 Å². The lowest BCUT2D eigenvalue weighted by atomic mass is 10.1. The van der Waals surface area contributed by atoms with Gasteiger partial charge in [0.25, 0.3) is 5.91 Å². The van der Waals surface area contributed by atoms with Gasteiger partial charge in [-0.3, -0.25) is 9.59 Å². The predicted molar refractivity (Wildman–Crippen MR) is 58.8 cm³/mol. The maximum atomic E-state index is 11.7. The average Bonchev–Trinajstić information content (AvgIpc) is 2.28. The normalized spacial score (nSPS) is 11.5. The first-order chi connectivity index (χ1) is 7.69. The zero-order valence-electron chi connectivity index (χ0n) is 8.99. The Morgan fingerprint density at radius 1 is 1.69 bits per heavy atom. The summed E-state index contributed by atoms with van der Waals surface area (Å²) >= 11 is 0. The lowest BCUT2D eigenvalue weighted by Gasteiger charge is -2.12. The molecule has 2 N–H and O–H groups in total. The van der Waals surface area contributed by atoms with Crippen molar-refractivity contribution in [3.63, 3.8) is 0 Å². The van der Waals surface area contributed by atoms with Gasteiger partial charge >= 0.3 is 0 Å². The number of aromatic amines is 1. The maximum Gasteiger partial charge on any atom is 0.256 e. The number of hydrogen-bond acceptors (Lipinski definition) is 3. The first kappa shape index (κ1) is 12.0. The van der Waals surface area contributed by atoms with Gasteiger partial charge in [-0.2, -0.15) is 5.26 Å². The van der Waals surface area contributed by atoms with Gasteiger partial charge in [0.05, 0.1) is 12.5 Å². The van der Waals surface area contributed by atoms with Crippen molar-refractivity contribution >= 4 is 5.91 Å². The van der Waals surface area contributed by atoms with E-state index in [2.05, 4.69) is 10.3 Å². The lowest BCUT2D eigenvalue weighted by Crippen LogP contribution is -2.36. The molecule has 84 valence electrons. The molecular formula is C11H13N3O2. The minimum absolute atomic E-state index is 0.0684. The quantitative estimate of drug-likeness (QED) is 0.785. The molecule has 1 heterocycles. The molecule has 1 amide bonds. The number of aromatic nitrogens is 1. The Labute approximate surface area is 93.1 Å². The number of nitrogens with zero attached hydrogens (tertiary/aromatic N) is 1. The number of carbonyl (C=O) groups excluding carboxylic acids is 1. The number of nitriles is 1. The third kappa shape index (κ3) is 2.95. The van der Waals surface area contributed by atoms with Crippen LogP contribution in [0.25, 0.3) is 0 Å². The molecule has 1 aromatic heterocycles. The molecule has 16 heavy (non-hydrogen) atoms. The Kier molecular flexibility index (Phi) is 4.28. The van der Waals surface area contributed by atoms with Gasteiger partial charge in [-0.15, -0.1) is 0 Å². The van der Waals surface area contributed by atoms with Crippen LogP contribution in [0, 0.1) is 11.3 Å². The van der Waals surface area contributed by atoms with Gasteiger partial charge in [0.1, 0.15) is 5.56 Å². The number of rotatable bonds is 4. The Morgan fingerprint density at radius 2 is 2.44 bits per heavy atom. The van der Waals surface area contributed by atoms with E-state index >= 15 is 0 Å². The van der Waals surface area contributed by atoms with Gasteiger partial charge in [0.2, 0.25) is 0 Å². The lowest BCUT2D eigenvalue weighted by molar-refractivity contribution is 0.0935. The predicted octanol–water partition coefficient (Wildman–Crippen LogP) is 0.797. The first-order valence-corrected chi connectivity index (χ1v) is 5.04. The Bertz CT molecular complexity index is 459. The summed E-state index contributed by atoms with van der Waals surface area (Å²) in [7, 11) is 0. The second-order valence-corrected chi connectivity index (χ2v) is 3.36. The molecule has 1 aromatic rings. The summed E-state index contributed by atoms with van der Waals surface area (Å²) in [6, 6.07) is 3.07. The minimum Gasteiger partial charge on any atom is -0.367 e. The van der Waals surface area contributed by atoms with Gasteiger partial charge in [-0.05, 0) is 6.42 Å². The molecule has 0 bridgehead atoms. The van der Waals surface area contributed by atoms with E-state index in [1.807, 2.05) is 13.0 Å². The zero-order chi connectivity index (χ0) is 12.0. The average molecular weight is 219 g/mol. The summed E-state index contributed by atoms with van der Waals surface area (Å²) in [6.45, 7) is 1.87. The molecule has 1 atom stereocenters. The molecule has 0 saturated carbocycles. The van der Waals surface area contributed by atoms with Crippen molar-refractivity contribution in [1.82, 2.24) is 10.3 Å². The van der Waals surface area contributed by atoms with Crippen molar-refractivity contribution in [3.8, 4) is 6.07 Å². The molecule has 0 radical (unpaired) electrons. The summed E-state index contributed by atoms with van der Waals surface area (Å²) in [5.41, 5.74) is -0.262. The number of H-pyrrole nitrogens is 1. The van der Waals surface area contributed by atoms with Crippen LogP contribution in [-0.4, -0.2) is 16.9 Å².